The molecule has 0 radical (unpaired) electrons. The van der Waals surface area contributed by atoms with Crippen LogP contribution in [0.3, 0.4) is 0 Å². The summed E-state index contributed by atoms with van der Waals surface area (Å²) in [5.41, 5.74) is 6.36. The van der Waals surface area contributed by atoms with Gasteiger partial charge in [-0.3, -0.25) is 9.48 Å². The van der Waals surface area contributed by atoms with Crippen molar-refractivity contribution < 1.29 is 17.8 Å². The standard InChI is InChI=1S/C20H23N9O2/c1-22-20(30)13-9-24-15(27-17(21)11-4-5-11)8-14(13)26-19-16(31-3)12(6-7-23-19)18-25-10-29(2)28-18/h6-11H,4-5H2,1-3H3,(H,22,30)(H3,21,23,24,26,27)/i1D3,2D3. The van der Waals surface area contributed by atoms with Gasteiger partial charge in [-0.1, -0.05) is 0 Å². The molecule has 1 fully saturated rings. The summed E-state index contributed by atoms with van der Waals surface area (Å²) < 4.78 is 50.8. The van der Waals surface area contributed by atoms with E-state index in [4.69, 9.17) is 18.7 Å². The highest BCUT2D eigenvalue weighted by Gasteiger charge is 2.26. The normalized spacial score (nSPS) is 17.4. The fraction of sp³-hybridized carbons (Fsp3) is 0.300. The van der Waals surface area contributed by atoms with Crippen LogP contribution in [-0.4, -0.2) is 50.6 Å². The summed E-state index contributed by atoms with van der Waals surface area (Å²) in [4.78, 5) is 29.5. The number of amidine groups is 1. The van der Waals surface area contributed by atoms with E-state index in [9.17, 15) is 4.79 Å². The summed E-state index contributed by atoms with van der Waals surface area (Å²) >= 11 is 0. The Morgan fingerprint density at radius 2 is 2.26 bits per heavy atom. The highest BCUT2D eigenvalue weighted by molar-refractivity contribution is 6.00. The number of aryl methyl sites for hydroxylation is 1. The minimum absolute atomic E-state index is 0.0658. The van der Waals surface area contributed by atoms with Crippen molar-refractivity contribution in [2.75, 3.05) is 19.4 Å². The lowest BCUT2D eigenvalue weighted by molar-refractivity contribution is 0.0963. The molecule has 0 aliphatic heterocycles. The van der Waals surface area contributed by atoms with E-state index in [0.29, 0.717) is 11.4 Å². The lowest BCUT2D eigenvalue weighted by Crippen LogP contribution is -2.19. The highest BCUT2D eigenvalue weighted by atomic mass is 16.5. The first-order valence-electron chi connectivity index (χ1n) is 12.2. The molecule has 11 heteroatoms. The maximum atomic E-state index is 12.7. The first-order chi connectivity index (χ1) is 17.4. The number of amides is 1. The van der Waals surface area contributed by atoms with Crippen molar-refractivity contribution in [3.63, 3.8) is 0 Å². The average molecular weight is 428 g/mol. The highest BCUT2D eigenvalue weighted by Crippen LogP contribution is 2.36. The molecule has 0 saturated heterocycles. The zero-order valence-electron chi connectivity index (χ0n) is 22.5. The Balaban J connectivity index is 1.75. The third-order valence-electron chi connectivity index (χ3n) is 4.58. The topological polar surface area (TPSA) is 145 Å². The Hall–Kier alpha value is -4.02. The van der Waals surface area contributed by atoms with Gasteiger partial charge in [-0.15, -0.1) is 0 Å². The number of aromatic nitrogens is 5. The van der Waals surface area contributed by atoms with Crippen LogP contribution in [0.4, 0.5) is 17.3 Å². The van der Waals surface area contributed by atoms with Crippen LogP contribution in [0, 0.1) is 5.92 Å². The smallest absolute Gasteiger partial charge is 0.254 e. The summed E-state index contributed by atoms with van der Waals surface area (Å²) in [6, 6.07) is 2.96. The Bertz CT molecular complexity index is 1350. The Morgan fingerprint density at radius 1 is 1.39 bits per heavy atom. The molecule has 0 unspecified atom stereocenters. The lowest BCUT2D eigenvalue weighted by atomic mass is 10.2. The molecular formula is C20H23N9O2. The maximum absolute atomic E-state index is 12.7. The van der Waals surface area contributed by atoms with Crippen molar-refractivity contribution in [2.45, 2.75) is 12.8 Å². The van der Waals surface area contributed by atoms with Crippen LogP contribution in [0.15, 0.2) is 35.8 Å². The number of anilines is 2. The van der Waals surface area contributed by atoms with Crippen molar-refractivity contribution in [1.29, 1.82) is 0 Å². The van der Waals surface area contributed by atoms with Crippen LogP contribution in [0.5, 0.6) is 5.75 Å². The van der Waals surface area contributed by atoms with Gasteiger partial charge >= 0.3 is 0 Å². The average Bonchev–Trinajstić information content (AvgIpc) is 3.53. The molecule has 1 amide bonds. The first kappa shape index (κ1) is 14.1. The number of nitrogens with zero attached hydrogens (tertiary/aromatic N) is 6. The molecule has 1 aliphatic rings. The number of rotatable bonds is 7. The molecule has 0 atom stereocenters. The van der Waals surface area contributed by atoms with Crippen molar-refractivity contribution in [1.82, 2.24) is 30.0 Å². The quantitative estimate of drug-likeness (QED) is 0.382. The molecule has 3 aromatic heterocycles. The van der Waals surface area contributed by atoms with E-state index in [-0.39, 0.29) is 40.4 Å². The van der Waals surface area contributed by atoms with Gasteiger partial charge in [0.1, 0.15) is 12.2 Å². The summed E-state index contributed by atoms with van der Waals surface area (Å²) in [6.45, 7) is -5.25. The number of ether oxygens (including phenoxy) is 1. The SMILES string of the molecule is [2H]C([2H])([2H])NC(=O)c1cnc(N=C(N)C2CC2)cc1Nc1nccc(-c2ncn(C([2H])([2H])[2H])n2)c1OC. The van der Waals surface area contributed by atoms with Gasteiger partial charge in [0.2, 0.25) is 0 Å². The summed E-state index contributed by atoms with van der Waals surface area (Å²) in [6.07, 6.45) is 5.52. The number of aliphatic imine (C=N–C) groups is 1. The van der Waals surface area contributed by atoms with Gasteiger partial charge in [0.05, 0.1) is 23.9 Å². The Morgan fingerprint density at radius 3 is 2.97 bits per heavy atom. The second-order valence-corrected chi connectivity index (χ2v) is 6.73. The predicted molar refractivity (Wildman–Crippen MR) is 116 cm³/mol. The molecule has 0 aromatic carbocycles. The van der Waals surface area contributed by atoms with E-state index in [0.717, 1.165) is 23.9 Å². The maximum Gasteiger partial charge on any atom is 0.254 e. The third kappa shape index (κ3) is 4.29. The zero-order chi connectivity index (χ0) is 27.0. The number of pyridine rings is 2. The predicted octanol–water partition coefficient (Wildman–Crippen LogP) is 1.78. The van der Waals surface area contributed by atoms with Gasteiger partial charge < -0.3 is 21.1 Å². The van der Waals surface area contributed by atoms with Gasteiger partial charge in [0.15, 0.2) is 23.2 Å². The molecule has 3 heterocycles. The lowest BCUT2D eigenvalue weighted by Gasteiger charge is -2.15. The third-order valence-corrected chi connectivity index (χ3v) is 4.58. The van der Waals surface area contributed by atoms with Crippen LogP contribution < -0.4 is 21.1 Å². The minimum atomic E-state index is -2.73. The van der Waals surface area contributed by atoms with Crippen LogP contribution >= 0.6 is 0 Å². The summed E-state index contributed by atoms with van der Waals surface area (Å²) in [5.74, 6) is 0.205. The van der Waals surface area contributed by atoms with Crippen LogP contribution in [0.1, 0.15) is 31.4 Å². The molecule has 11 nitrogen and oxygen atoms in total. The van der Waals surface area contributed by atoms with E-state index in [1.807, 2.05) is 5.32 Å². The molecular weight excluding hydrogens is 398 g/mol. The number of carbonyl (C=O) groups excluding carboxylic acids is 1. The fourth-order valence-corrected chi connectivity index (χ4v) is 2.89. The number of nitrogens with two attached hydrogens (primary N) is 1. The molecule has 31 heavy (non-hydrogen) atoms. The zero-order valence-corrected chi connectivity index (χ0v) is 16.5. The number of methoxy groups -OCH3 is 1. The second-order valence-electron chi connectivity index (χ2n) is 6.73. The molecule has 4 rings (SSSR count). The van der Waals surface area contributed by atoms with Gasteiger partial charge in [0.25, 0.3) is 5.91 Å². The molecule has 1 aliphatic carbocycles. The summed E-state index contributed by atoms with van der Waals surface area (Å²) in [7, 11) is 1.37. The first-order valence-corrected chi connectivity index (χ1v) is 9.25. The second kappa shape index (κ2) is 8.38. The van der Waals surface area contributed by atoms with Crippen LogP contribution in [-0.2, 0) is 6.98 Å². The van der Waals surface area contributed by atoms with Gasteiger partial charge in [-0.05, 0) is 18.9 Å². The molecule has 0 bridgehead atoms. The van der Waals surface area contributed by atoms with E-state index in [1.54, 1.807) is 0 Å². The van der Waals surface area contributed by atoms with Crippen LogP contribution in [0.2, 0.25) is 0 Å². The van der Waals surface area contributed by atoms with Gasteiger partial charge in [-0.25, -0.2) is 19.9 Å². The number of nitrogens with one attached hydrogen (secondary N) is 2. The van der Waals surface area contributed by atoms with Crippen molar-refractivity contribution in [2.24, 2.45) is 23.6 Å². The van der Waals surface area contributed by atoms with Crippen LogP contribution in [0.25, 0.3) is 11.4 Å². The largest absolute Gasteiger partial charge is 0.492 e. The van der Waals surface area contributed by atoms with Crippen molar-refractivity contribution in [3.05, 3.63) is 36.4 Å². The summed E-state index contributed by atoms with van der Waals surface area (Å²) in [5, 5.41) is 8.89. The fourth-order valence-electron chi connectivity index (χ4n) is 2.89. The van der Waals surface area contributed by atoms with Gasteiger partial charge in [0, 0.05) is 46.6 Å². The minimum Gasteiger partial charge on any atom is -0.492 e. The number of hydrogen-bond donors (Lipinski definition) is 3. The molecule has 3 aromatic rings. The Kier molecular flexibility index (Phi) is 3.80. The van der Waals surface area contributed by atoms with E-state index in [2.05, 4.69) is 30.4 Å². The Labute approximate surface area is 187 Å². The van der Waals surface area contributed by atoms with E-state index >= 15 is 0 Å². The number of hydrogen-bond acceptors (Lipinski definition) is 8. The van der Waals surface area contributed by atoms with Crippen molar-refractivity contribution in [3.8, 4) is 17.1 Å². The van der Waals surface area contributed by atoms with Gasteiger partial charge in [-0.2, -0.15) is 5.10 Å². The molecule has 4 N–H and O–H groups in total. The molecule has 160 valence electrons. The van der Waals surface area contributed by atoms with E-state index in [1.165, 1.54) is 31.6 Å². The monoisotopic (exact) mass is 427 g/mol. The van der Waals surface area contributed by atoms with Crippen molar-refractivity contribution >= 4 is 29.1 Å². The molecule has 0 spiro atoms. The van der Waals surface area contributed by atoms with E-state index < -0.39 is 19.9 Å². The number of carbonyl (C=O) groups is 1. The molecule has 1 saturated carbocycles.